The molecule has 1 unspecified atom stereocenters. The van der Waals surface area contributed by atoms with Crippen LogP contribution in [0, 0.1) is 18.0 Å². The number of hydrogen-bond acceptors (Lipinski definition) is 2. The molecule has 0 aliphatic rings. The lowest BCUT2D eigenvalue weighted by atomic mass is 10.2. The van der Waals surface area contributed by atoms with Crippen LogP contribution < -0.4 is 0 Å². The van der Waals surface area contributed by atoms with Gasteiger partial charge in [-0.3, -0.25) is 0 Å². The van der Waals surface area contributed by atoms with E-state index in [2.05, 4.69) is 0 Å². The van der Waals surface area contributed by atoms with E-state index in [1.165, 1.54) is 5.56 Å². The molecule has 0 aromatic heterocycles. The minimum Gasteiger partial charge on any atom is -0.359 e. The van der Waals surface area contributed by atoms with Gasteiger partial charge in [0.1, 0.15) is 14.0 Å². The summed E-state index contributed by atoms with van der Waals surface area (Å²) in [5, 5.41) is 8.38. The predicted octanol–water partition coefficient (Wildman–Crippen LogP) is 2.37. The van der Waals surface area contributed by atoms with E-state index < -0.39 is 8.15 Å². The predicted molar refractivity (Wildman–Crippen MR) is 49.6 cm³/mol. The van der Waals surface area contributed by atoms with Crippen LogP contribution in [-0.2, 0) is 6.16 Å². The van der Waals surface area contributed by atoms with Crippen molar-refractivity contribution < 1.29 is 4.89 Å². The van der Waals surface area contributed by atoms with Gasteiger partial charge in [-0.05, 0) is 12.5 Å². The van der Waals surface area contributed by atoms with Crippen molar-refractivity contribution in [2.24, 2.45) is 0 Å². The van der Waals surface area contributed by atoms with Crippen molar-refractivity contribution in [2.45, 2.75) is 13.1 Å². The zero-order chi connectivity index (χ0) is 8.97. The Balaban J connectivity index is 2.66. The maximum absolute atomic E-state index is 9.08. The first kappa shape index (κ1) is 9.19. The molecule has 1 rings (SSSR count). The first-order valence-electron chi connectivity index (χ1n) is 3.64. The summed E-state index contributed by atoms with van der Waals surface area (Å²) in [4.78, 5) is 9.08. The highest BCUT2D eigenvalue weighted by atomic mass is 31.1. The molecular weight excluding hydrogens is 169 g/mol. The van der Waals surface area contributed by atoms with Crippen molar-refractivity contribution in [1.82, 2.24) is 0 Å². The summed E-state index contributed by atoms with van der Waals surface area (Å²) in [6.07, 6.45) is 0.478. The van der Waals surface area contributed by atoms with Gasteiger partial charge < -0.3 is 4.89 Å². The van der Waals surface area contributed by atoms with Crippen LogP contribution in [0.25, 0.3) is 0 Å². The summed E-state index contributed by atoms with van der Waals surface area (Å²) in [6.45, 7) is 2.01. The Morgan fingerprint density at radius 1 is 1.42 bits per heavy atom. The first-order valence-corrected chi connectivity index (χ1v) is 5.12. The highest BCUT2D eigenvalue weighted by Crippen LogP contribution is 2.32. The smallest absolute Gasteiger partial charge is 0.138 e. The average Bonchev–Trinajstić information content (AvgIpc) is 2.09. The van der Waals surface area contributed by atoms with E-state index >= 15 is 0 Å². The molecule has 0 fully saturated rings. The summed E-state index contributed by atoms with van der Waals surface area (Å²) in [5.41, 5.74) is 2.22. The maximum Gasteiger partial charge on any atom is 0.138 e. The lowest BCUT2D eigenvalue weighted by molar-refractivity contribution is 0.633. The fourth-order valence-electron chi connectivity index (χ4n) is 0.902. The van der Waals surface area contributed by atoms with E-state index in [0.717, 1.165) is 5.56 Å². The van der Waals surface area contributed by atoms with Gasteiger partial charge in [0.2, 0.25) is 0 Å². The lowest BCUT2D eigenvalue weighted by Gasteiger charge is -2.01. The Bertz CT molecular complexity index is 288. The van der Waals surface area contributed by atoms with Gasteiger partial charge in [0.15, 0.2) is 0 Å². The molecule has 3 heteroatoms. The van der Waals surface area contributed by atoms with Gasteiger partial charge in [0.05, 0.1) is 0 Å². The minimum atomic E-state index is -1.46. The second-order valence-electron chi connectivity index (χ2n) is 2.64. The van der Waals surface area contributed by atoms with Gasteiger partial charge in [-0.15, -0.1) is 0 Å². The first-order chi connectivity index (χ1) is 5.72. The van der Waals surface area contributed by atoms with E-state index in [1.54, 1.807) is 0 Å². The summed E-state index contributed by atoms with van der Waals surface area (Å²) in [5.74, 6) is 1.85. The van der Waals surface area contributed by atoms with E-state index in [1.807, 2.05) is 37.0 Å². The molecule has 0 amide bonds. The van der Waals surface area contributed by atoms with Crippen molar-refractivity contribution in [1.29, 1.82) is 5.26 Å². The number of nitriles is 1. The Kier molecular flexibility index (Phi) is 3.22. The van der Waals surface area contributed by atoms with Crippen molar-refractivity contribution in [2.75, 3.05) is 0 Å². The molecule has 0 saturated heterocycles. The topological polar surface area (TPSA) is 44.0 Å². The summed E-state index contributed by atoms with van der Waals surface area (Å²) >= 11 is 0. The van der Waals surface area contributed by atoms with Gasteiger partial charge in [0, 0.05) is 6.16 Å². The molecule has 1 atom stereocenters. The monoisotopic (exact) mass is 179 g/mol. The molecule has 0 bridgehead atoms. The van der Waals surface area contributed by atoms with E-state index in [0.29, 0.717) is 6.16 Å². The summed E-state index contributed by atoms with van der Waals surface area (Å²) in [7, 11) is -1.46. The van der Waals surface area contributed by atoms with E-state index in [4.69, 9.17) is 10.2 Å². The second kappa shape index (κ2) is 4.21. The zero-order valence-electron chi connectivity index (χ0n) is 6.86. The third kappa shape index (κ3) is 2.62. The second-order valence-corrected chi connectivity index (χ2v) is 3.96. The molecule has 1 aromatic rings. The molecule has 0 heterocycles. The molecule has 2 nitrogen and oxygen atoms in total. The SMILES string of the molecule is Cc1ccc(CP(O)C#N)cc1. The Labute approximate surface area is 73.3 Å². The number of hydrogen-bond donors (Lipinski definition) is 1. The fraction of sp³-hybridized carbons (Fsp3) is 0.222. The maximum atomic E-state index is 9.08. The quantitative estimate of drug-likeness (QED) is 0.708. The van der Waals surface area contributed by atoms with Crippen molar-refractivity contribution in [3.05, 3.63) is 35.4 Å². The zero-order valence-corrected chi connectivity index (χ0v) is 7.75. The standard InChI is InChI=1S/C9H10NOP/c1-8-2-4-9(5-3-8)6-12(11)7-10/h2-5,11H,6H2,1H3. The molecule has 1 aromatic carbocycles. The van der Waals surface area contributed by atoms with Crippen molar-refractivity contribution >= 4 is 8.15 Å². The summed E-state index contributed by atoms with van der Waals surface area (Å²) in [6, 6.07) is 7.85. The number of benzene rings is 1. The van der Waals surface area contributed by atoms with Gasteiger partial charge in [-0.2, -0.15) is 5.26 Å². The van der Waals surface area contributed by atoms with Gasteiger partial charge in [0.25, 0.3) is 0 Å². The van der Waals surface area contributed by atoms with Gasteiger partial charge in [-0.25, -0.2) is 0 Å². The molecule has 1 N–H and O–H groups in total. The Morgan fingerprint density at radius 3 is 2.50 bits per heavy atom. The van der Waals surface area contributed by atoms with Crippen LogP contribution in [0.3, 0.4) is 0 Å². The van der Waals surface area contributed by atoms with E-state index in [-0.39, 0.29) is 0 Å². The molecule has 0 aliphatic heterocycles. The molecule has 62 valence electrons. The Morgan fingerprint density at radius 2 is 2.00 bits per heavy atom. The third-order valence-electron chi connectivity index (χ3n) is 1.57. The van der Waals surface area contributed by atoms with Gasteiger partial charge >= 0.3 is 0 Å². The highest BCUT2D eigenvalue weighted by molar-refractivity contribution is 7.55. The van der Waals surface area contributed by atoms with Crippen LogP contribution in [0.5, 0.6) is 0 Å². The normalized spacial score (nSPS) is 12.1. The van der Waals surface area contributed by atoms with Crippen molar-refractivity contribution in [3.63, 3.8) is 0 Å². The summed E-state index contributed by atoms with van der Waals surface area (Å²) < 4.78 is 0. The third-order valence-corrected chi connectivity index (χ3v) is 2.46. The largest absolute Gasteiger partial charge is 0.359 e. The highest BCUT2D eigenvalue weighted by Gasteiger charge is 2.02. The van der Waals surface area contributed by atoms with Crippen LogP contribution in [0.15, 0.2) is 24.3 Å². The molecule has 0 saturated carbocycles. The van der Waals surface area contributed by atoms with Crippen LogP contribution in [0.4, 0.5) is 0 Å². The number of nitrogens with zero attached hydrogens (tertiary/aromatic N) is 1. The van der Waals surface area contributed by atoms with Gasteiger partial charge in [-0.1, -0.05) is 29.8 Å². The minimum absolute atomic E-state index is 0.478. The van der Waals surface area contributed by atoms with E-state index in [9.17, 15) is 0 Å². The fourth-order valence-corrected chi connectivity index (χ4v) is 1.53. The van der Waals surface area contributed by atoms with Crippen LogP contribution in [0.1, 0.15) is 11.1 Å². The van der Waals surface area contributed by atoms with Crippen LogP contribution >= 0.6 is 8.15 Å². The average molecular weight is 179 g/mol. The molecular formula is C9H10NOP. The molecule has 0 aliphatic carbocycles. The molecule has 12 heavy (non-hydrogen) atoms. The number of rotatable bonds is 2. The lowest BCUT2D eigenvalue weighted by Crippen LogP contribution is -1.81. The number of aryl methyl sites for hydroxylation is 1. The molecule has 0 spiro atoms. The van der Waals surface area contributed by atoms with Crippen LogP contribution in [-0.4, -0.2) is 4.89 Å². The van der Waals surface area contributed by atoms with Crippen LogP contribution in [0.2, 0.25) is 0 Å². The Hall–Kier alpha value is -0.900. The molecule has 0 radical (unpaired) electrons. The van der Waals surface area contributed by atoms with Crippen molar-refractivity contribution in [3.8, 4) is 5.81 Å².